The number of hydrogen-bond acceptors (Lipinski definition) is 6. The second-order valence-electron chi connectivity index (χ2n) is 5.63. The van der Waals surface area contributed by atoms with E-state index in [1.165, 1.54) is 18.2 Å². The summed E-state index contributed by atoms with van der Waals surface area (Å²) in [5, 5.41) is 40.1. The first-order valence-electron chi connectivity index (χ1n) is 7.40. The lowest BCUT2D eigenvalue weighted by molar-refractivity contribution is 0.404. The lowest BCUT2D eigenvalue weighted by Gasteiger charge is -2.10. The van der Waals surface area contributed by atoms with Gasteiger partial charge in [-0.05, 0) is 18.2 Å². The molecule has 25 heavy (non-hydrogen) atoms. The Morgan fingerprint density at radius 1 is 0.760 bits per heavy atom. The molecule has 0 spiro atoms. The molecule has 1 heterocycles. The smallest absolute Gasteiger partial charge is 0.197 e. The molecule has 6 heteroatoms. The van der Waals surface area contributed by atoms with Crippen molar-refractivity contribution >= 4 is 21.7 Å². The summed E-state index contributed by atoms with van der Waals surface area (Å²) < 4.78 is 5.81. The number of hydrogen-bond donors (Lipinski definition) is 4. The highest BCUT2D eigenvalue weighted by Crippen LogP contribution is 2.41. The van der Waals surface area contributed by atoms with Crippen LogP contribution in [0.1, 0.15) is 0 Å². The number of phenols is 4. The maximum atomic E-state index is 12.5. The monoisotopic (exact) mass is 336 g/mol. The third kappa shape index (κ3) is 2.15. The molecule has 0 radical (unpaired) electrons. The first kappa shape index (κ1) is 14.9. The highest BCUT2D eigenvalue weighted by atomic mass is 16.3. The minimum absolute atomic E-state index is 0.122. The highest BCUT2D eigenvalue weighted by Gasteiger charge is 2.19. The van der Waals surface area contributed by atoms with Crippen molar-refractivity contribution in [3.63, 3.8) is 0 Å². The molecule has 0 atom stereocenters. The van der Waals surface area contributed by atoms with E-state index in [-0.39, 0.29) is 34.0 Å². The molecule has 0 unspecified atom stereocenters. The summed E-state index contributed by atoms with van der Waals surface area (Å²) in [5.74, 6) is -1.41. The van der Waals surface area contributed by atoms with Gasteiger partial charge in [-0.1, -0.05) is 24.3 Å². The fourth-order valence-electron chi connectivity index (χ4n) is 2.86. The molecule has 0 aliphatic rings. The van der Waals surface area contributed by atoms with Gasteiger partial charge in [0.15, 0.2) is 28.4 Å². The van der Waals surface area contributed by atoms with Crippen LogP contribution < -0.4 is 5.43 Å². The largest absolute Gasteiger partial charge is 0.504 e. The van der Waals surface area contributed by atoms with Crippen molar-refractivity contribution in [1.82, 2.24) is 0 Å². The number of fused-ring (bicyclic) bond motifs is 3. The van der Waals surface area contributed by atoms with E-state index in [2.05, 4.69) is 0 Å². The van der Waals surface area contributed by atoms with Gasteiger partial charge >= 0.3 is 0 Å². The summed E-state index contributed by atoms with van der Waals surface area (Å²) in [7, 11) is 0. The Labute approximate surface area is 140 Å². The van der Waals surface area contributed by atoms with Gasteiger partial charge in [-0.15, -0.1) is 0 Å². The zero-order valence-corrected chi connectivity index (χ0v) is 12.7. The fourth-order valence-corrected chi connectivity index (χ4v) is 2.86. The summed E-state index contributed by atoms with van der Waals surface area (Å²) in [4.78, 5) is 12.5. The highest BCUT2D eigenvalue weighted by molar-refractivity contribution is 6.10. The van der Waals surface area contributed by atoms with Crippen molar-refractivity contribution in [3.8, 4) is 34.3 Å². The Kier molecular flexibility index (Phi) is 3.08. The SMILES string of the molecule is O=c1cc(-c2ccc(O)c(O)c2)oc2c1c(O)c(O)c1ccccc12. The molecule has 6 nitrogen and oxygen atoms in total. The van der Waals surface area contributed by atoms with Gasteiger partial charge < -0.3 is 24.8 Å². The van der Waals surface area contributed by atoms with Gasteiger partial charge in [0.05, 0.1) is 0 Å². The average molecular weight is 336 g/mol. The lowest BCUT2D eigenvalue weighted by Crippen LogP contribution is -2.01. The first-order valence-corrected chi connectivity index (χ1v) is 7.40. The molecule has 0 saturated carbocycles. The number of phenolic OH excluding ortho intramolecular Hbond substituents is 4. The summed E-state index contributed by atoms with van der Waals surface area (Å²) in [5.41, 5.74) is -0.0331. The predicted molar refractivity (Wildman–Crippen MR) is 92.1 cm³/mol. The van der Waals surface area contributed by atoms with E-state index in [9.17, 15) is 25.2 Å². The van der Waals surface area contributed by atoms with Crippen molar-refractivity contribution in [2.24, 2.45) is 0 Å². The molecular formula is C19H12O6. The van der Waals surface area contributed by atoms with Crippen LogP contribution in [0.15, 0.2) is 57.7 Å². The van der Waals surface area contributed by atoms with Crippen LogP contribution in [-0.4, -0.2) is 20.4 Å². The zero-order chi connectivity index (χ0) is 17.7. The fraction of sp³-hybridized carbons (Fsp3) is 0. The average Bonchev–Trinajstić information content (AvgIpc) is 2.61. The van der Waals surface area contributed by atoms with Gasteiger partial charge in [-0.25, -0.2) is 0 Å². The van der Waals surface area contributed by atoms with Crippen LogP contribution in [0, 0.1) is 0 Å². The molecule has 4 N–H and O–H groups in total. The van der Waals surface area contributed by atoms with Crippen molar-refractivity contribution in [1.29, 1.82) is 0 Å². The van der Waals surface area contributed by atoms with E-state index in [1.54, 1.807) is 24.3 Å². The van der Waals surface area contributed by atoms with Gasteiger partial charge in [-0.3, -0.25) is 4.79 Å². The summed E-state index contributed by atoms with van der Waals surface area (Å²) in [6, 6.07) is 11.9. The molecule has 1 aromatic heterocycles. The van der Waals surface area contributed by atoms with Crippen molar-refractivity contribution in [3.05, 3.63) is 58.8 Å². The van der Waals surface area contributed by atoms with Crippen LogP contribution in [0.3, 0.4) is 0 Å². The van der Waals surface area contributed by atoms with Gasteiger partial charge in [0.1, 0.15) is 16.7 Å². The zero-order valence-electron chi connectivity index (χ0n) is 12.7. The van der Waals surface area contributed by atoms with E-state index in [1.807, 2.05) is 0 Å². The van der Waals surface area contributed by atoms with Crippen molar-refractivity contribution in [2.45, 2.75) is 0 Å². The predicted octanol–water partition coefficient (Wildman–Crippen LogP) is 3.44. The van der Waals surface area contributed by atoms with E-state index in [4.69, 9.17) is 4.42 Å². The minimum Gasteiger partial charge on any atom is -0.504 e. The topological polar surface area (TPSA) is 111 Å². The van der Waals surface area contributed by atoms with E-state index in [0.29, 0.717) is 16.3 Å². The molecule has 3 aromatic carbocycles. The van der Waals surface area contributed by atoms with E-state index < -0.39 is 11.2 Å². The normalized spacial score (nSPS) is 11.2. The van der Waals surface area contributed by atoms with Gasteiger partial charge in [0, 0.05) is 22.4 Å². The molecule has 4 aromatic rings. The van der Waals surface area contributed by atoms with Crippen LogP contribution >= 0.6 is 0 Å². The summed E-state index contributed by atoms with van der Waals surface area (Å²) in [6.07, 6.45) is 0. The lowest BCUT2D eigenvalue weighted by atomic mass is 10.0. The molecular weight excluding hydrogens is 324 g/mol. The van der Waals surface area contributed by atoms with Gasteiger partial charge in [0.2, 0.25) is 0 Å². The maximum Gasteiger partial charge on any atom is 0.197 e. The Bertz CT molecular complexity index is 1210. The second kappa shape index (κ2) is 5.17. The van der Waals surface area contributed by atoms with Gasteiger partial charge in [0.25, 0.3) is 0 Å². The minimum atomic E-state index is -0.539. The van der Waals surface area contributed by atoms with Crippen LogP contribution in [0.5, 0.6) is 23.0 Å². The molecule has 0 aliphatic heterocycles. The molecule has 0 bridgehead atoms. The second-order valence-corrected chi connectivity index (χ2v) is 5.63. The van der Waals surface area contributed by atoms with Crippen LogP contribution in [0.2, 0.25) is 0 Å². The molecule has 0 amide bonds. The third-order valence-corrected chi connectivity index (χ3v) is 4.10. The Balaban J connectivity index is 2.14. The Hall–Kier alpha value is -3.67. The molecule has 0 aliphatic carbocycles. The third-order valence-electron chi connectivity index (χ3n) is 4.10. The van der Waals surface area contributed by atoms with Crippen molar-refractivity contribution in [2.75, 3.05) is 0 Å². The quantitative estimate of drug-likeness (QED) is 0.313. The number of aromatic hydroxyl groups is 4. The van der Waals surface area contributed by atoms with Crippen LogP contribution in [0.4, 0.5) is 0 Å². The molecule has 0 saturated heterocycles. The van der Waals surface area contributed by atoms with Gasteiger partial charge in [-0.2, -0.15) is 0 Å². The van der Waals surface area contributed by atoms with Crippen molar-refractivity contribution < 1.29 is 24.8 Å². The number of rotatable bonds is 1. The summed E-state index contributed by atoms with van der Waals surface area (Å²) >= 11 is 0. The Morgan fingerprint density at radius 2 is 1.48 bits per heavy atom. The molecule has 124 valence electrons. The van der Waals surface area contributed by atoms with Crippen LogP contribution in [0.25, 0.3) is 33.1 Å². The Morgan fingerprint density at radius 3 is 2.20 bits per heavy atom. The molecule has 0 fully saturated rings. The number of benzene rings is 3. The maximum absolute atomic E-state index is 12.5. The van der Waals surface area contributed by atoms with E-state index in [0.717, 1.165) is 6.07 Å². The standard InChI is InChI=1S/C19H12O6/c20-12-6-5-9(7-13(12)21)15-8-14(22)16-18(24)17(23)10-3-1-2-4-11(10)19(16)25-15/h1-8,20-21,23-24H. The summed E-state index contributed by atoms with van der Waals surface area (Å²) in [6.45, 7) is 0. The first-order chi connectivity index (χ1) is 12.0. The molecule has 4 rings (SSSR count). The van der Waals surface area contributed by atoms with E-state index >= 15 is 0 Å². The van der Waals surface area contributed by atoms with Crippen LogP contribution in [-0.2, 0) is 0 Å².